The molecule has 0 saturated heterocycles. The number of anilines is 1. The summed E-state index contributed by atoms with van der Waals surface area (Å²) in [6, 6.07) is 4.88. The van der Waals surface area contributed by atoms with Crippen LogP contribution in [-0.2, 0) is 4.74 Å². The van der Waals surface area contributed by atoms with Crippen LogP contribution in [0.2, 0.25) is 0 Å². The third kappa shape index (κ3) is 2.38. The first kappa shape index (κ1) is 12.2. The molecule has 0 fully saturated rings. The second-order valence-electron chi connectivity index (χ2n) is 3.37. The molecule has 8 heteroatoms. The quantitative estimate of drug-likeness (QED) is 0.472. The standard InChI is InChI=1S/C10H11N5O2S/c1-17-9(16)6-2-3-8(7(11)4-6)18-10-14-13-5-15(10)12/h2-5H,11-12H2,1H3. The number of carbonyl (C=O) groups is 1. The molecule has 0 spiro atoms. The number of nitrogens with zero attached hydrogens (tertiary/aromatic N) is 3. The van der Waals surface area contributed by atoms with Crippen molar-refractivity contribution in [2.75, 3.05) is 18.7 Å². The maximum atomic E-state index is 11.3. The van der Waals surface area contributed by atoms with Gasteiger partial charge in [-0.2, -0.15) is 0 Å². The molecule has 1 aromatic heterocycles. The van der Waals surface area contributed by atoms with Crippen LogP contribution in [-0.4, -0.2) is 28.0 Å². The van der Waals surface area contributed by atoms with Gasteiger partial charge in [0, 0.05) is 10.6 Å². The fourth-order valence-corrected chi connectivity index (χ4v) is 2.04. The van der Waals surface area contributed by atoms with Crippen LogP contribution in [0.15, 0.2) is 34.6 Å². The largest absolute Gasteiger partial charge is 0.465 e. The number of nitrogens with two attached hydrogens (primary N) is 2. The molecule has 7 nitrogen and oxygen atoms in total. The Bertz CT molecular complexity index is 583. The van der Waals surface area contributed by atoms with Gasteiger partial charge in [-0.3, -0.25) is 0 Å². The Hall–Kier alpha value is -2.22. The Morgan fingerprint density at radius 2 is 2.28 bits per heavy atom. The molecule has 2 rings (SSSR count). The molecule has 2 aromatic rings. The van der Waals surface area contributed by atoms with Gasteiger partial charge in [0.1, 0.15) is 6.33 Å². The number of carbonyl (C=O) groups excluding carboxylic acids is 1. The molecule has 1 heterocycles. The second kappa shape index (κ2) is 4.96. The lowest BCUT2D eigenvalue weighted by molar-refractivity contribution is 0.0600. The number of ether oxygens (including phenoxy) is 1. The number of benzene rings is 1. The van der Waals surface area contributed by atoms with Crippen molar-refractivity contribution >= 4 is 23.4 Å². The summed E-state index contributed by atoms with van der Waals surface area (Å²) in [5.74, 6) is 5.16. The van der Waals surface area contributed by atoms with Gasteiger partial charge in [0.25, 0.3) is 0 Å². The molecular weight excluding hydrogens is 254 g/mol. The summed E-state index contributed by atoms with van der Waals surface area (Å²) in [6.07, 6.45) is 1.39. The van der Waals surface area contributed by atoms with E-state index in [2.05, 4.69) is 14.9 Å². The van der Waals surface area contributed by atoms with Gasteiger partial charge in [0.15, 0.2) is 0 Å². The number of methoxy groups -OCH3 is 1. The monoisotopic (exact) mass is 265 g/mol. The van der Waals surface area contributed by atoms with E-state index < -0.39 is 5.97 Å². The highest BCUT2D eigenvalue weighted by Gasteiger charge is 2.11. The Balaban J connectivity index is 2.25. The molecule has 18 heavy (non-hydrogen) atoms. The zero-order valence-corrected chi connectivity index (χ0v) is 10.3. The molecule has 0 unspecified atom stereocenters. The van der Waals surface area contributed by atoms with Crippen molar-refractivity contribution in [2.24, 2.45) is 0 Å². The van der Waals surface area contributed by atoms with E-state index in [9.17, 15) is 4.79 Å². The van der Waals surface area contributed by atoms with Crippen LogP contribution in [0, 0.1) is 0 Å². The molecule has 94 valence electrons. The Labute approximate surface area is 107 Å². The van der Waals surface area contributed by atoms with Gasteiger partial charge >= 0.3 is 5.97 Å². The zero-order valence-electron chi connectivity index (χ0n) is 9.53. The average Bonchev–Trinajstić information content (AvgIpc) is 2.76. The van der Waals surface area contributed by atoms with Crippen LogP contribution in [0.3, 0.4) is 0 Å². The van der Waals surface area contributed by atoms with Gasteiger partial charge in [-0.1, -0.05) is 0 Å². The van der Waals surface area contributed by atoms with Crippen molar-refractivity contribution < 1.29 is 9.53 Å². The van der Waals surface area contributed by atoms with E-state index in [1.165, 1.54) is 29.9 Å². The van der Waals surface area contributed by atoms with Crippen LogP contribution < -0.4 is 11.6 Å². The summed E-state index contributed by atoms with van der Waals surface area (Å²) in [6.45, 7) is 0. The number of nitrogen functional groups attached to an aromatic ring is 2. The topological polar surface area (TPSA) is 109 Å². The average molecular weight is 265 g/mol. The van der Waals surface area contributed by atoms with Crippen LogP contribution in [0.5, 0.6) is 0 Å². The van der Waals surface area contributed by atoms with Crippen LogP contribution >= 0.6 is 11.8 Å². The lowest BCUT2D eigenvalue weighted by Gasteiger charge is -2.06. The van der Waals surface area contributed by atoms with Gasteiger partial charge in [0.05, 0.1) is 12.7 Å². The summed E-state index contributed by atoms with van der Waals surface area (Å²) in [7, 11) is 1.32. The normalized spacial score (nSPS) is 10.3. The molecule has 0 atom stereocenters. The molecule has 4 N–H and O–H groups in total. The third-order valence-electron chi connectivity index (χ3n) is 2.17. The molecule has 0 bridgehead atoms. The highest BCUT2D eigenvalue weighted by Crippen LogP contribution is 2.30. The van der Waals surface area contributed by atoms with Crippen LogP contribution in [0.25, 0.3) is 0 Å². The van der Waals surface area contributed by atoms with Crippen molar-refractivity contribution in [1.29, 1.82) is 0 Å². The van der Waals surface area contributed by atoms with E-state index in [1.54, 1.807) is 18.2 Å². The highest BCUT2D eigenvalue weighted by atomic mass is 32.2. The molecule has 1 aromatic carbocycles. The summed E-state index contributed by atoms with van der Waals surface area (Å²) >= 11 is 1.26. The molecule has 0 amide bonds. The number of rotatable bonds is 3. The smallest absolute Gasteiger partial charge is 0.337 e. The third-order valence-corrected chi connectivity index (χ3v) is 3.24. The molecular formula is C10H11N5O2S. The number of hydrogen-bond donors (Lipinski definition) is 2. The van der Waals surface area contributed by atoms with E-state index >= 15 is 0 Å². The minimum atomic E-state index is -0.430. The first-order chi connectivity index (χ1) is 8.61. The van der Waals surface area contributed by atoms with Gasteiger partial charge < -0.3 is 16.3 Å². The summed E-state index contributed by atoms with van der Waals surface area (Å²) in [5, 5.41) is 8.00. The lowest BCUT2D eigenvalue weighted by Crippen LogP contribution is -2.08. The van der Waals surface area contributed by atoms with Crippen molar-refractivity contribution in [3.63, 3.8) is 0 Å². The van der Waals surface area contributed by atoms with Crippen molar-refractivity contribution in [3.8, 4) is 0 Å². The maximum Gasteiger partial charge on any atom is 0.337 e. The minimum absolute atomic E-state index is 0.397. The maximum absolute atomic E-state index is 11.3. The molecule has 0 saturated carbocycles. The second-order valence-corrected chi connectivity index (χ2v) is 4.38. The highest BCUT2D eigenvalue weighted by molar-refractivity contribution is 7.99. The number of hydrogen-bond acceptors (Lipinski definition) is 7. The molecule has 0 aliphatic carbocycles. The van der Waals surface area contributed by atoms with Gasteiger partial charge in [-0.15, -0.1) is 10.2 Å². The number of esters is 1. The minimum Gasteiger partial charge on any atom is -0.465 e. The van der Waals surface area contributed by atoms with E-state index in [0.717, 1.165) is 4.90 Å². The zero-order chi connectivity index (χ0) is 13.1. The van der Waals surface area contributed by atoms with Crippen molar-refractivity contribution in [2.45, 2.75) is 10.1 Å². The first-order valence-corrected chi connectivity index (χ1v) is 5.74. The molecule has 0 radical (unpaired) electrons. The van der Waals surface area contributed by atoms with Gasteiger partial charge in [0.2, 0.25) is 5.16 Å². The van der Waals surface area contributed by atoms with Crippen LogP contribution in [0.4, 0.5) is 5.69 Å². The number of aromatic nitrogens is 3. The first-order valence-electron chi connectivity index (χ1n) is 4.92. The van der Waals surface area contributed by atoms with Crippen molar-refractivity contribution in [3.05, 3.63) is 30.1 Å². The summed E-state index contributed by atoms with van der Waals surface area (Å²) in [5.41, 5.74) is 6.70. The predicted octanol–water partition coefficient (Wildman–Crippen LogP) is 0.512. The van der Waals surface area contributed by atoms with Gasteiger partial charge in [-0.05, 0) is 30.0 Å². The fourth-order valence-electron chi connectivity index (χ4n) is 1.29. The van der Waals surface area contributed by atoms with E-state index in [4.69, 9.17) is 11.6 Å². The van der Waals surface area contributed by atoms with Crippen LogP contribution in [0.1, 0.15) is 10.4 Å². The molecule has 0 aliphatic rings. The Morgan fingerprint density at radius 1 is 1.50 bits per heavy atom. The Morgan fingerprint density at radius 3 is 2.83 bits per heavy atom. The molecule has 0 aliphatic heterocycles. The fraction of sp³-hybridized carbons (Fsp3) is 0.100. The Kier molecular flexibility index (Phi) is 3.38. The van der Waals surface area contributed by atoms with Gasteiger partial charge in [-0.25, -0.2) is 9.47 Å². The SMILES string of the molecule is COC(=O)c1ccc(Sc2nncn2N)c(N)c1. The van der Waals surface area contributed by atoms with E-state index in [-0.39, 0.29) is 0 Å². The summed E-state index contributed by atoms with van der Waals surface area (Å²) < 4.78 is 5.90. The van der Waals surface area contributed by atoms with E-state index in [0.29, 0.717) is 16.4 Å². The predicted molar refractivity (Wildman–Crippen MR) is 66.5 cm³/mol. The summed E-state index contributed by atoms with van der Waals surface area (Å²) in [4.78, 5) is 12.1. The van der Waals surface area contributed by atoms with Crippen molar-refractivity contribution in [1.82, 2.24) is 14.9 Å². The van der Waals surface area contributed by atoms with E-state index in [1.807, 2.05) is 0 Å². The lowest BCUT2D eigenvalue weighted by atomic mass is 10.2.